The lowest BCUT2D eigenvalue weighted by molar-refractivity contribution is 0.0640. The predicted octanol–water partition coefficient (Wildman–Crippen LogP) is 1.96. The second kappa shape index (κ2) is 4.17. The lowest BCUT2D eigenvalue weighted by atomic mass is 9.84. The molecule has 1 heterocycles. The van der Waals surface area contributed by atoms with Crippen LogP contribution in [0.4, 0.5) is 10.1 Å². The number of hydrogen-bond acceptors (Lipinski definition) is 3. The lowest BCUT2D eigenvalue weighted by Crippen LogP contribution is -2.56. The van der Waals surface area contributed by atoms with Crippen LogP contribution in [0.5, 0.6) is 0 Å². The van der Waals surface area contributed by atoms with Crippen molar-refractivity contribution in [1.29, 1.82) is 0 Å². The van der Waals surface area contributed by atoms with Gasteiger partial charge in [0.1, 0.15) is 10.8 Å². The molecule has 0 unspecified atom stereocenters. The molecule has 0 amide bonds. The highest BCUT2D eigenvalue weighted by atomic mass is 32.1. The van der Waals surface area contributed by atoms with Crippen LogP contribution in [0.3, 0.4) is 0 Å². The van der Waals surface area contributed by atoms with Crippen molar-refractivity contribution in [2.24, 2.45) is 5.92 Å². The van der Waals surface area contributed by atoms with Crippen LogP contribution in [-0.4, -0.2) is 18.2 Å². The third-order valence-electron chi connectivity index (χ3n) is 3.67. The zero-order chi connectivity index (χ0) is 12.8. The molecule has 0 spiro atoms. The quantitative estimate of drug-likeness (QED) is 0.634. The molecule has 0 bridgehead atoms. The highest BCUT2D eigenvalue weighted by Gasteiger charge is 2.50. The van der Waals surface area contributed by atoms with Crippen LogP contribution >= 0.6 is 12.2 Å². The minimum atomic E-state index is -0.533. The summed E-state index contributed by atoms with van der Waals surface area (Å²) in [4.78, 5) is 0.634. The van der Waals surface area contributed by atoms with Crippen molar-refractivity contribution in [3.63, 3.8) is 0 Å². The topological polar surface area (TPSA) is 47.3 Å². The smallest absolute Gasteiger partial charge is 0.129 e. The van der Waals surface area contributed by atoms with E-state index in [2.05, 4.69) is 5.32 Å². The molecule has 96 valence electrons. The maximum absolute atomic E-state index is 14.1. The van der Waals surface area contributed by atoms with E-state index in [1.54, 1.807) is 12.1 Å². The molecule has 1 saturated heterocycles. The van der Waals surface area contributed by atoms with Crippen molar-refractivity contribution in [2.75, 3.05) is 18.9 Å². The Hall–Kier alpha value is -1.20. The van der Waals surface area contributed by atoms with Crippen LogP contribution in [0.2, 0.25) is 0 Å². The third kappa shape index (κ3) is 1.87. The first-order chi connectivity index (χ1) is 8.62. The molecule has 2 aliphatic rings. The lowest BCUT2D eigenvalue weighted by Gasteiger charge is -2.40. The van der Waals surface area contributed by atoms with Gasteiger partial charge in [-0.1, -0.05) is 12.2 Å². The van der Waals surface area contributed by atoms with Crippen molar-refractivity contribution in [3.05, 3.63) is 29.6 Å². The minimum Gasteiger partial charge on any atom is -0.399 e. The number of morpholine rings is 1. The van der Waals surface area contributed by atoms with Gasteiger partial charge in [-0.3, -0.25) is 0 Å². The van der Waals surface area contributed by atoms with Gasteiger partial charge in [-0.25, -0.2) is 4.39 Å². The summed E-state index contributed by atoms with van der Waals surface area (Å²) in [5.41, 5.74) is 6.38. The SMILES string of the molecule is Nc1ccc(F)c([C@]2(C3CC3)COCC(=S)N2)c1. The highest BCUT2D eigenvalue weighted by Crippen LogP contribution is 2.47. The minimum absolute atomic E-state index is 0.253. The molecule has 0 radical (unpaired) electrons. The van der Waals surface area contributed by atoms with Crippen molar-refractivity contribution in [2.45, 2.75) is 18.4 Å². The fourth-order valence-corrected chi connectivity index (χ4v) is 2.94. The van der Waals surface area contributed by atoms with Gasteiger partial charge in [-0.15, -0.1) is 0 Å². The number of nitrogens with one attached hydrogen (secondary N) is 1. The van der Waals surface area contributed by atoms with Crippen molar-refractivity contribution < 1.29 is 9.13 Å². The zero-order valence-electron chi connectivity index (χ0n) is 9.91. The molecule has 3 nitrogen and oxygen atoms in total. The Morgan fingerprint density at radius 1 is 1.44 bits per heavy atom. The fraction of sp³-hybridized carbons (Fsp3) is 0.462. The molecular formula is C13H15FN2OS. The van der Waals surface area contributed by atoms with Gasteiger partial charge in [-0.2, -0.15) is 0 Å². The van der Waals surface area contributed by atoms with Crippen molar-refractivity contribution >= 4 is 22.9 Å². The van der Waals surface area contributed by atoms with E-state index < -0.39 is 5.54 Å². The number of anilines is 1. The van der Waals surface area contributed by atoms with Crippen LogP contribution in [0, 0.1) is 11.7 Å². The van der Waals surface area contributed by atoms with E-state index in [-0.39, 0.29) is 5.82 Å². The Kier molecular flexibility index (Phi) is 2.75. The van der Waals surface area contributed by atoms with E-state index in [1.807, 2.05) is 0 Å². The van der Waals surface area contributed by atoms with Gasteiger partial charge in [0, 0.05) is 11.3 Å². The maximum Gasteiger partial charge on any atom is 0.129 e. The first kappa shape index (κ1) is 11.9. The van der Waals surface area contributed by atoms with Gasteiger partial charge in [0.2, 0.25) is 0 Å². The van der Waals surface area contributed by atoms with E-state index in [0.29, 0.717) is 35.4 Å². The summed E-state index contributed by atoms with van der Waals surface area (Å²) in [7, 11) is 0. The zero-order valence-corrected chi connectivity index (χ0v) is 10.7. The monoisotopic (exact) mass is 266 g/mol. The summed E-state index contributed by atoms with van der Waals surface area (Å²) in [6, 6.07) is 4.67. The molecule has 1 aromatic carbocycles. The molecule has 1 aliphatic heterocycles. The molecule has 18 heavy (non-hydrogen) atoms. The molecule has 2 fully saturated rings. The van der Waals surface area contributed by atoms with Crippen LogP contribution in [0.25, 0.3) is 0 Å². The summed E-state index contributed by atoms with van der Waals surface area (Å²) in [5, 5.41) is 3.29. The number of hydrogen-bond donors (Lipinski definition) is 2. The fourth-order valence-electron chi connectivity index (χ4n) is 2.67. The average molecular weight is 266 g/mol. The standard InChI is InChI=1S/C13H15FN2OS/c14-11-4-3-9(15)5-10(11)13(8-1-2-8)7-17-6-12(18)16-13/h3-5,8H,1-2,6-7,15H2,(H,16,18)/t13-/m1/s1. The summed E-state index contributed by atoms with van der Waals surface area (Å²) >= 11 is 5.19. The van der Waals surface area contributed by atoms with Gasteiger partial charge >= 0.3 is 0 Å². The van der Waals surface area contributed by atoms with Crippen molar-refractivity contribution in [1.82, 2.24) is 5.32 Å². The normalized spacial score (nSPS) is 27.9. The van der Waals surface area contributed by atoms with E-state index >= 15 is 0 Å². The van der Waals surface area contributed by atoms with Gasteiger partial charge in [0.15, 0.2) is 0 Å². The second-order valence-electron chi connectivity index (χ2n) is 5.03. The first-order valence-corrected chi connectivity index (χ1v) is 6.47. The molecule has 1 aromatic rings. The molecule has 3 rings (SSSR count). The summed E-state index contributed by atoms with van der Waals surface area (Å²) in [6.45, 7) is 0.853. The Balaban J connectivity index is 2.08. The molecule has 1 aliphatic carbocycles. The summed E-state index contributed by atoms with van der Waals surface area (Å²) < 4.78 is 19.7. The van der Waals surface area contributed by atoms with E-state index in [9.17, 15) is 4.39 Å². The van der Waals surface area contributed by atoms with Crippen LogP contribution in [-0.2, 0) is 10.3 Å². The number of nitrogens with two attached hydrogens (primary N) is 1. The van der Waals surface area contributed by atoms with Crippen LogP contribution in [0.15, 0.2) is 18.2 Å². The maximum atomic E-state index is 14.1. The largest absolute Gasteiger partial charge is 0.399 e. The van der Waals surface area contributed by atoms with E-state index in [4.69, 9.17) is 22.7 Å². The first-order valence-electron chi connectivity index (χ1n) is 6.06. The number of ether oxygens (including phenoxy) is 1. The number of halogens is 1. The average Bonchev–Trinajstić information content (AvgIpc) is 3.16. The molecule has 5 heteroatoms. The number of thiocarbonyl (C=S) groups is 1. The predicted molar refractivity (Wildman–Crippen MR) is 71.8 cm³/mol. The Labute approximate surface area is 111 Å². The van der Waals surface area contributed by atoms with Gasteiger partial charge in [-0.05, 0) is 37.0 Å². The van der Waals surface area contributed by atoms with E-state index in [1.165, 1.54) is 6.07 Å². The van der Waals surface area contributed by atoms with Crippen LogP contribution in [0.1, 0.15) is 18.4 Å². The Bertz CT molecular complexity index is 504. The molecule has 0 aromatic heterocycles. The van der Waals surface area contributed by atoms with Crippen LogP contribution < -0.4 is 11.1 Å². The van der Waals surface area contributed by atoms with Gasteiger partial charge in [0.25, 0.3) is 0 Å². The number of benzene rings is 1. The van der Waals surface area contributed by atoms with E-state index in [0.717, 1.165) is 12.8 Å². The van der Waals surface area contributed by atoms with Gasteiger partial charge in [0.05, 0.1) is 18.8 Å². The summed E-state index contributed by atoms with van der Waals surface area (Å²) in [6.07, 6.45) is 2.13. The molecule has 3 N–H and O–H groups in total. The summed E-state index contributed by atoms with van der Waals surface area (Å²) in [5.74, 6) is 0.115. The number of rotatable bonds is 2. The molecular weight excluding hydrogens is 251 g/mol. The molecule has 1 atom stereocenters. The third-order valence-corrected chi connectivity index (χ3v) is 3.89. The Morgan fingerprint density at radius 3 is 2.89 bits per heavy atom. The number of nitrogen functional groups attached to an aromatic ring is 1. The van der Waals surface area contributed by atoms with Gasteiger partial charge < -0.3 is 15.8 Å². The Morgan fingerprint density at radius 2 is 2.22 bits per heavy atom. The highest BCUT2D eigenvalue weighted by molar-refractivity contribution is 7.80. The second-order valence-corrected chi connectivity index (χ2v) is 5.52. The molecule has 1 saturated carbocycles. The van der Waals surface area contributed by atoms with Crippen molar-refractivity contribution in [3.8, 4) is 0 Å².